The highest BCUT2D eigenvalue weighted by molar-refractivity contribution is 9.10. The summed E-state index contributed by atoms with van der Waals surface area (Å²) in [6.07, 6.45) is 0. The number of nitrogens with zero attached hydrogens (tertiary/aromatic N) is 1. The van der Waals surface area contributed by atoms with Crippen LogP contribution in [0.15, 0.2) is 34.8 Å². The van der Waals surface area contributed by atoms with Gasteiger partial charge in [0.1, 0.15) is 5.82 Å². The third-order valence-electron chi connectivity index (χ3n) is 3.26. The van der Waals surface area contributed by atoms with Gasteiger partial charge in [-0.2, -0.15) is 5.26 Å². The van der Waals surface area contributed by atoms with Crippen LogP contribution in [-0.4, -0.2) is 19.1 Å². The number of nitrogens with one attached hydrogen (secondary N) is 1. The summed E-state index contributed by atoms with van der Waals surface area (Å²) in [5, 5.41) is 11.6. The number of carbonyl (C=O) groups excluding carboxylic acids is 1. The van der Waals surface area contributed by atoms with E-state index in [2.05, 4.69) is 21.2 Å². The third kappa shape index (κ3) is 4.94. The maximum absolute atomic E-state index is 13.3. The standard InChI is InChI=1S/C18H16BrFN2O3/c1-3-24-16-7-12(9-21)6-14(19)18(16)25-10-17(23)22-15-8-13(20)5-4-11(15)2/h4-8H,3,10H2,1-2H3,(H,22,23). The summed E-state index contributed by atoms with van der Waals surface area (Å²) < 4.78 is 24.8. The Morgan fingerprint density at radius 2 is 2.08 bits per heavy atom. The normalized spacial score (nSPS) is 10.0. The summed E-state index contributed by atoms with van der Waals surface area (Å²) >= 11 is 3.31. The van der Waals surface area contributed by atoms with E-state index in [1.165, 1.54) is 18.2 Å². The van der Waals surface area contributed by atoms with Gasteiger partial charge in [0, 0.05) is 11.8 Å². The number of carbonyl (C=O) groups is 1. The van der Waals surface area contributed by atoms with Crippen LogP contribution in [0.25, 0.3) is 0 Å². The molecule has 1 amide bonds. The number of anilines is 1. The monoisotopic (exact) mass is 406 g/mol. The fraction of sp³-hybridized carbons (Fsp3) is 0.222. The van der Waals surface area contributed by atoms with Crippen molar-refractivity contribution in [2.75, 3.05) is 18.5 Å². The van der Waals surface area contributed by atoms with Gasteiger partial charge in [-0.15, -0.1) is 0 Å². The molecule has 2 rings (SSSR count). The molecule has 0 aliphatic rings. The molecule has 0 heterocycles. The molecule has 0 spiro atoms. The summed E-state index contributed by atoms with van der Waals surface area (Å²) in [5.41, 5.74) is 1.53. The molecule has 0 atom stereocenters. The van der Waals surface area contributed by atoms with Crippen LogP contribution in [0.2, 0.25) is 0 Å². The van der Waals surface area contributed by atoms with Crippen LogP contribution < -0.4 is 14.8 Å². The minimum atomic E-state index is -0.438. The molecule has 2 aromatic rings. The Morgan fingerprint density at radius 1 is 1.32 bits per heavy atom. The molecular formula is C18H16BrFN2O3. The maximum atomic E-state index is 13.3. The predicted octanol–water partition coefficient (Wildman–Crippen LogP) is 4.18. The first-order chi connectivity index (χ1) is 11.9. The van der Waals surface area contributed by atoms with Crippen LogP contribution in [-0.2, 0) is 4.79 Å². The number of hydrogen-bond donors (Lipinski definition) is 1. The lowest BCUT2D eigenvalue weighted by Gasteiger charge is -2.14. The zero-order chi connectivity index (χ0) is 18.4. The molecule has 2 aromatic carbocycles. The highest BCUT2D eigenvalue weighted by Crippen LogP contribution is 2.36. The lowest BCUT2D eigenvalue weighted by molar-refractivity contribution is -0.118. The summed E-state index contributed by atoms with van der Waals surface area (Å²) in [6.45, 7) is 3.66. The first-order valence-electron chi connectivity index (χ1n) is 7.49. The first kappa shape index (κ1) is 18.7. The number of aryl methyl sites for hydroxylation is 1. The Morgan fingerprint density at radius 3 is 2.76 bits per heavy atom. The summed E-state index contributed by atoms with van der Waals surface area (Å²) in [7, 11) is 0. The number of hydrogen-bond acceptors (Lipinski definition) is 4. The van der Waals surface area contributed by atoms with Gasteiger partial charge in [-0.3, -0.25) is 4.79 Å². The Bertz CT molecular complexity index is 834. The van der Waals surface area contributed by atoms with Crippen molar-refractivity contribution >= 4 is 27.5 Å². The van der Waals surface area contributed by atoms with Gasteiger partial charge in [-0.05, 0) is 53.5 Å². The number of amides is 1. The van der Waals surface area contributed by atoms with E-state index in [0.29, 0.717) is 33.8 Å². The van der Waals surface area contributed by atoms with Crippen molar-refractivity contribution in [3.8, 4) is 17.6 Å². The summed E-state index contributed by atoms with van der Waals surface area (Å²) in [4.78, 5) is 12.1. The van der Waals surface area contributed by atoms with Gasteiger partial charge in [0.15, 0.2) is 18.1 Å². The SMILES string of the molecule is CCOc1cc(C#N)cc(Br)c1OCC(=O)Nc1cc(F)ccc1C. The Kier molecular flexibility index (Phi) is 6.37. The smallest absolute Gasteiger partial charge is 0.262 e. The predicted molar refractivity (Wildman–Crippen MR) is 95.3 cm³/mol. The van der Waals surface area contributed by atoms with E-state index in [1.807, 2.05) is 6.07 Å². The van der Waals surface area contributed by atoms with E-state index in [1.54, 1.807) is 26.0 Å². The number of nitriles is 1. The zero-order valence-corrected chi connectivity index (χ0v) is 15.3. The average molecular weight is 407 g/mol. The van der Waals surface area contributed by atoms with Crippen molar-refractivity contribution in [3.63, 3.8) is 0 Å². The lowest BCUT2D eigenvalue weighted by Crippen LogP contribution is -2.21. The molecule has 1 N–H and O–H groups in total. The van der Waals surface area contributed by atoms with E-state index >= 15 is 0 Å². The molecule has 0 fully saturated rings. The van der Waals surface area contributed by atoms with E-state index in [4.69, 9.17) is 14.7 Å². The van der Waals surface area contributed by atoms with Gasteiger partial charge in [-0.25, -0.2) is 4.39 Å². The molecule has 25 heavy (non-hydrogen) atoms. The molecule has 0 saturated heterocycles. The molecule has 0 aliphatic heterocycles. The molecule has 0 aromatic heterocycles. The largest absolute Gasteiger partial charge is 0.490 e. The van der Waals surface area contributed by atoms with Gasteiger partial charge < -0.3 is 14.8 Å². The summed E-state index contributed by atoms with van der Waals surface area (Å²) in [5.74, 6) is -0.183. The quantitative estimate of drug-likeness (QED) is 0.780. The van der Waals surface area contributed by atoms with E-state index < -0.39 is 11.7 Å². The van der Waals surface area contributed by atoms with E-state index in [-0.39, 0.29) is 6.61 Å². The van der Waals surface area contributed by atoms with Crippen LogP contribution in [0.3, 0.4) is 0 Å². The van der Waals surface area contributed by atoms with Gasteiger partial charge in [0.05, 0.1) is 22.7 Å². The Labute approximate surface area is 153 Å². The minimum absolute atomic E-state index is 0.291. The van der Waals surface area contributed by atoms with Gasteiger partial charge >= 0.3 is 0 Å². The fourth-order valence-electron chi connectivity index (χ4n) is 2.09. The van der Waals surface area contributed by atoms with Gasteiger partial charge in [-0.1, -0.05) is 6.07 Å². The molecule has 0 unspecified atom stereocenters. The topological polar surface area (TPSA) is 71.3 Å². The first-order valence-corrected chi connectivity index (χ1v) is 8.29. The van der Waals surface area contributed by atoms with Crippen molar-refractivity contribution in [3.05, 3.63) is 51.7 Å². The van der Waals surface area contributed by atoms with Crippen molar-refractivity contribution in [2.24, 2.45) is 0 Å². The minimum Gasteiger partial charge on any atom is -0.490 e. The number of rotatable bonds is 6. The van der Waals surface area contributed by atoms with Crippen LogP contribution in [0.5, 0.6) is 11.5 Å². The number of ether oxygens (including phenoxy) is 2. The molecule has 5 nitrogen and oxygen atoms in total. The van der Waals surface area contributed by atoms with Crippen molar-refractivity contribution in [2.45, 2.75) is 13.8 Å². The van der Waals surface area contributed by atoms with Crippen LogP contribution in [0.1, 0.15) is 18.1 Å². The van der Waals surface area contributed by atoms with Gasteiger partial charge in [0.2, 0.25) is 0 Å². The zero-order valence-electron chi connectivity index (χ0n) is 13.7. The summed E-state index contributed by atoms with van der Waals surface area (Å²) in [6, 6.07) is 9.29. The second-order valence-corrected chi connectivity index (χ2v) is 5.98. The third-order valence-corrected chi connectivity index (χ3v) is 3.85. The maximum Gasteiger partial charge on any atom is 0.262 e. The van der Waals surface area contributed by atoms with Crippen molar-refractivity contribution in [1.82, 2.24) is 0 Å². The van der Waals surface area contributed by atoms with Crippen LogP contribution in [0, 0.1) is 24.1 Å². The number of benzene rings is 2. The molecule has 0 saturated carbocycles. The molecule has 0 bridgehead atoms. The van der Waals surface area contributed by atoms with Crippen LogP contribution >= 0.6 is 15.9 Å². The lowest BCUT2D eigenvalue weighted by atomic mass is 10.2. The Balaban J connectivity index is 2.11. The molecule has 130 valence electrons. The fourth-order valence-corrected chi connectivity index (χ4v) is 2.64. The highest BCUT2D eigenvalue weighted by atomic mass is 79.9. The van der Waals surface area contributed by atoms with E-state index in [9.17, 15) is 9.18 Å². The molecule has 7 heteroatoms. The Hall–Kier alpha value is -2.59. The van der Waals surface area contributed by atoms with Crippen molar-refractivity contribution in [1.29, 1.82) is 5.26 Å². The second-order valence-electron chi connectivity index (χ2n) is 5.13. The average Bonchev–Trinajstić information content (AvgIpc) is 2.57. The second kappa shape index (κ2) is 8.49. The molecule has 0 aliphatic carbocycles. The number of halogens is 2. The van der Waals surface area contributed by atoms with Gasteiger partial charge in [0.25, 0.3) is 5.91 Å². The van der Waals surface area contributed by atoms with E-state index in [0.717, 1.165) is 5.56 Å². The highest BCUT2D eigenvalue weighted by Gasteiger charge is 2.14. The molecular weight excluding hydrogens is 391 g/mol. The van der Waals surface area contributed by atoms with Crippen molar-refractivity contribution < 1.29 is 18.7 Å². The van der Waals surface area contributed by atoms with Crippen LogP contribution in [0.4, 0.5) is 10.1 Å². The molecule has 0 radical (unpaired) electrons.